The Morgan fingerprint density at radius 2 is 2.08 bits per heavy atom. The van der Waals surface area contributed by atoms with E-state index in [0.717, 1.165) is 6.08 Å². The average Bonchev–Trinajstić information content (AvgIpc) is 1.84. The highest BCUT2D eigenvalue weighted by molar-refractivity contribution is 7.88. The van der Waals surface area contributed by atoms with Gasteiger partial charge in [0, 0.05) is 5.57 Å². The van der Waals surface area contributed by atoms with Gasteiger partial charge in [0.1, 0.15) is 0 Å². The molecule has 0 atom stereocenters. The van der Waals surface area contributed by atoms with Crippen molar-refractivity contribution in [1.29, 1.82) is 0 Å². The van der Waals surface area contributed by atoms with Crippen molar-refractivity contribution in [3.8, 4) is 0 Å². The number of carbonyl (C=O) groups is 1. The van der Waals surface area contributed by atoms with Gasteiger partial charge >= 0.3 is 0 Å². The fourth-order valence-electron chi connectivity index (χ4n) is 0.413. The lowest BCUT2D eigenvalue weighted by Crippen LogP contribution is -2.12. The summed E-state index contributed by atoms with van der Waals surface area (Å²) < 4.78 is 28.4. The van der Waals surface area contributed by atoms with Crippen molar-refractivity contribution < 1.29 is 17.8 Å². The monoisotopic (exact) mass is 191 g/mol. The van der Waals surface area contributed by atoms with Crippen molar-refractivity contribution in [3.63, 3.8) is 0 Å². The van der Waals surface area contributed by atoms with E-state index in [1.54, 1.807) is 0 Å². The molecule has 0 spiro atoms. The van der Waals surface area contributed by atoms with Crippen LogP contribution in [-0.2, 0) is 14.9 Å². The Hall–Kier alpha value is -1.14. The van der Waals surface area contributed by atoms with E-state index in [1.165, 1.54) is 0 Å². The van der Waals surface area contributed by atoms with Crippen LogP contribution in [0.4, 0.5) is 0 Å². The maximum atomic E-state index is 10.3. The Labute approximate surface area is 70.3 Å². The Kier molecular flexibility index (Phi) is 3.65. The SMILES string of the molecule is C=C(CC=CS(=O)(=O)O)C(N)=O. The van der Waals surface area contributed by atoms with E-state index < -0.39 is 16.0 Å². The van der Waals surface area contributed by atoms with Crippen molar-refractivity contribution in [3.05, 3.63) is 23.6 Å². The van der Waals surface area contributed by atoms with Crippen LogP contribution in [0.25, 0.3) is 0 Å². The Morgan fingerprint density at radius 1 is 1.58 bits per heavy atom. The number of rotatable bonds is 4. The van der Waals surface area contributed by atoms with E-state index in [-0.39, 0.29) is 12.0 Å². The van der Waals surface area contributed by atoms with Crippen LogP contribution in [0, 0.1) is 0 Å². The first-order valence-electron chi connectivity index (χ1n) is 2.94. The van der Waals surface area contributed by atoms with Gasteiger partial charge in [0.05, 0.1) is 5.41 Å². The van der Waals surface area contributed by atoms with E-state index in [1.807, 2.05) is 0 Å². The van der Waals surface area contributed by atoms with Gasteiger partial charge in [-0.2, -0.15) is 8.42 Å². The molecule has 0 unspecified atom stereocenters. The maximum Gasteiger partial charge on any atom is 0.287 e. The van der Waals surface area contributed by atoms with Crippen LogP contribution in [0.2, 0.25) is 0 Å². The van der Waals surface area contributed by atoms with Crippen LogP contribution in [0.5, 0.6) is 0 Å². The molecule has 1 amide bonds. The standard InChI is InChI=1S/C6H9NO4S/c1-5(6(7)8)3-2-4-12(9,10)11/h2,4H,1,3H2,(H2,7,8)(H,9,10,11). The molecule has 0 bridgehead atoms. The highest BCUT2D eigenvalue weighted by Crippen LogP contribution is 1.98. The quantitative estimate of drug-likeness (QED) is 0.475. The first-order chi connectivity index (χ1) is 5.33. The fraction of sp³-hybridized carbons (Fsp3) is 0.167. The molecular formula is C6H9NO4S. The minimum Gasteiger partial charge on any atom is -0.366 e. The van der Waals surface area contributed by atoms with Gasteiger partial charge in [-0.25, -0.2) is 0 Å². The molecular weight excluding hydrogens is 182 g/mol. The molecule has 0 aliphatic rings. The van der Waals surface area contributed by atoms with E-state index in [2.05, 4.69) is 6.58 Å². The summed E-state index contributed by atoms with van der Waals surface area (Å²) in [4.78, 5) is 10.3. The molecule has 0 aromatic carbocycles. The lowest BCUT2D eigenvalue weighted by Gasteiger charge is -1.92. The average molecular weight is 191 g/mol. The second kappa shape index (κ2) is 4.03. The van der Waals surface area contributed by atoms with Crippen molar-refractivity contribution in [2.75, 3.05) is 0 Å². The van der Waals surface area contributed by atoms with E-state index >= 15 is 0 Å². The molecule has 5 nitrogen and oxygen atoms in total. The lowest BCUT2D eigenvalue weighted by atomic mass is 10.2. The summed E-state index contributed by atoms with van der Waals surface area (Å²) in [6.45, 7) is 3.27. The van der Waals surface area contributed by atoms with Crippen LogP contribution in [-0.4, -0.2) is 18.9 Å². The van der Waals surface area contributed by atoms with Crippen molar-refractivity contribution in [2.24, 2.45) is 5.73 Å². The zero-order valence-electron chi connectivity index (χ0n) is 6.23. The molecule has 0 aliphatic carbocycles. The fourth-order valence-corrected chi connectivity index (χ4v) is 0.752. The Bertz CT molecular complexity index is 314. The second-order valence-corrected chi connectivity index (χ2v) is 3.36. The number of nitrogens with two attached hydrogens (primary N) is 1. The van der Waals surface area contributed by atoms with Crippen molar-refractivity contribution in [1.82, 2.24) is 0 Å². The number of primary amides is 1. The van der Waals surface area contributed by atoms with Crippen molar-refractivity contribution in [2.45, 2.75) is 6.42 Å². The predicted octanol–water partition coefficient (Wildman–Crippen LogP) is -0.180. The smallest absolute Gasteiger partial charge is 0.287 e. The minimum atomic E-state index is -4.12. The van der Waals surface area contributed by atoms with Crippen molar-refractivity contribution >= 4 is 16.0 Å². The van der Waals surface area contributed by atoms with Crippen LogP contribution in [0.15, 0.2) is 23.6 Å². The number of hydrogen-bond acceptors (Lipinski definition) is 3. The normalized spacial score (nSPS) is 11.8. The van der Waals surface area contributed by atoms with Crippen LogP contribution < -0.4 is 5.73 Å². The predicted molar refractivity (Wildman–Crippen MR) is 43.6 cm³/mol. The summed E-state index contributed by atoms with van der Waals surface area (Å²) in [6, 6.07) is 0. The van der Waals surface area contributed by atoms with Gasteiger partial charge < -0.3 is 5.73 Å². The topological polar surface area (TPSA) is 97.5 Å². The highest BCUT2D eigenvalue weighted by atomic mass is 32.2. The van der Waals surface area contributed by atoms with E-state index in [4.69, 9.17) is 10.3 Å². The molecule has 0 aromatic rings. The number of carbonyl (C=O) groups excluding carboxylic acids is 1. The third kappa shape index (κ3) is 5.63. The van der Waals surface area contributed by atoms with Gasteiger partial charge in [-0.15, -0.1) is 0 Å². The lowest BCUT2D eigenvalue weighted by molar-refractivity contribution is -0.114. The number of hydrogen-bond donors (Lipinski definition) is 2. The first-order valence-corrected chi connectivity index (χ1v) is 4.45. The van der Waals surface area contributed by atoms with Crippen LogP contribution >= 0.6 is 0 Å². The van der Waals surface area contributed by atoms with Crippen LogP contribution in [0.1, 0.15) is 6.42 Å². The summed E-state index contributed by atoms with van der Waals surface area (Å²) in [7, 11) is -4.12. The molecule has 3 N–H and O–H groups in total. The van der Waals surface area contributed by atoms with Crippen LogP contribution in [0.3, 0.4) is 0 Å². The number of amides is 1. The first kappa shape index (κ1) is 10.9. The molecule has 0 rings (SSSR count). The summed E-state index contributed by atoms with van der Waals surface area (Å²) in [5.41, 5.74) is 4.88. The molecule has 0 aliphatic heterocycles. The molecule has 0 saturated heterocycles. The molecule has 0 heterocycles. The summed E-state index contributed by atoms with van der Waals surface area (Å²) in [6.07, 6.45) is 1.09. The van der Waals surface area contributed by atoms with E-state index in [0.29, 0.717) is 5.41 Å². The van der Waals surface area contributed by atoms with E-state index in [9.17, 15) is 13.2 Å². The second-order valence-electron chi connectivity index (χ2n) is 2.06. The summed E-state index contributed by atoms with van der Waals surface area (Å²) >= 11 is 0. The number of allylic oxidation sites excluding steroid dienone is 1. The maximum absolute atomic E-state index is 10.3. The zero-order chi connectivity index (χ0) is 9.78. The molecule has 0 aromatic heterocycles. The summed E-state index contributed by atoms with van der Waals surface area (Å²) in [5, 5.41) is 0.571. The molecule has 0 radical (unpaired) electrons. The summed E-state index contributed by atoms with van der Waals surface area (Å²) in [5.74, 6) is -0.699. The van der Waals surface area contributed by atoms with Gasteiger partial charge in [-0.05, 0) is 6.42 Å². The molecule has 12 heavy (non-hydrogen) atoms. The Morgan fingerprint density at radius 3 is 2.42 bits per heavy atom. The molecule has 0 saturated carbocycles. The van der Waals surface area contributed by atoms with Gasteiger partial charge in [-0.3, -0.25) is 9.35 Å². The molecule has 68 valence electrons. The minimum absolute atomic E-state index is 0.00905. The third-order valence-electron chi connectivity index (χ3n) is 0.981. The Balaban J connectivity index is 4.10. The van der Waals surface area contributed by atoms with Gasteiger partial charge in [-0.1, -0.05) is 12.7 Å². The van der Waals surface area contributed by atoms with Gasteiger partial charge in [0.15, 0.2) is 0 Å². The highest BCUT2D eigenvalue weighted by Gasteiger charge is 1.99. The zero-order valence-corrected chi connectivity index (χ0v) is 7.04. The van der Waals surface area contributed by atoms with Gasteiger partial charge in [0.2, 0.25) is 5.91 Å². The largest absolute Gasteiger partial charge is 0.366 e. The van der Waals surface area contributed by atoms with Gasteiger partial charge in [0.25, 0.3) is 10.1 Å². The molecule has 0 fully saturated rings. The molecule has 6 heteroatoms. The third-order valence-corrected chi connectivity index (χ3v) is 1.52.